The van der Waals surface area contributed by atoms with Crippen LogP contribution in [0.1, 0.15) is 18.2 Å². The van der Waals surface area contributed by atoms with Crippen molar-refractivity contribution in [1.82, 2.24) is 9.36 Å². The molecule has 160 valence electrons. The molecule has 0 saturated carbocycles. The molecular weight excluding hydrogens is 418 g/mol. The number of rotatable bonds is 6. The number of benzene rings is 2. The van der Waals surface area contributed by atoms with Crippen molar-refractivity contribution in [3.8, 4) is 5.69 Å². The molecule has 1 aromatic heterocycles. The second kappa shape index (κ2) is 9.49. The molecule has 1 heterocycles. The highest BCUT2D eigenvalue weighted by molar-refractivity contribution is 6.30. The Morgan fingerprint density at radius 2 is 1.74 bits per heavy atom. The Hall–Kier alpha value is -3.58. The summed E-state index contributed by atoms with van der Waals surface area (Å²) in [7, 11) is 1.73. The number of nitrogens with one attached hydrogen (secondary N) is 1. The molecule has 1 atom stereocenters. The molecule has 0 fully saturated rings. The number of hydrogen-bond donors (Lipinski definition) is 1. The Labute approximate surface area is 184 Å². The van der Waals surface area contributed by atoms with Gasteiger partial charge in [-0.25, -0.2) is 9.48 Å². The first-order valence-corrected chi connectivity index (χ1v) is 9.95. The lowest BCUT2D eigenvalue weighted by atomic mass is 10.2. The van der Waals surface area contributed by atoms with Gasteiger partial charge in [0.15, 0.2) is 6.10 Å². The quantitative estimate of drug-likeness (QED) is 0.468. The molecule has 0 saturated heterocycles. The smallest absolute Gasteiger partial charge is 0.331 e. The predicted molar refractivity (Wildman–Crippen MR) is 120 cm³/mol. The van der Waals surface area contributed by atoms with Crippen LogP contribution in [0.5, 0.6) is 0 Å². The molecule has 0 aliphatic carbocycles. The van der Waals surface area contributed by atoms with Crippen molar-refractivity contribution in [2.24, 2.45) is 7.05 Å². The third kappa shape index (κ3) is 5.13. The van der Waals surface area contributed by atoms with Gasteiger partial charge < -0.3 is 10.1 Å². The van der Waals surface area contributed by atoms with Gasteiger partial charge in [0.1, 0.15) is 5.69 Å². The average molecular weight is 440 g/mol. The highest BCUT2D eigenvalue weighted by atomic mass is 35.5. The molecule has 0 bridgehead atoms. The SMILES string of the molecule is Cc1c(NC(=O)C(C)OC(=O)/C=C/c2ccc(Cl)cc2)c(=O)n(-c2ccccc2)n1C. The molecule has 7 nitrogen and oxygen atoms in total. The number of hydrogen-bond acceptors (Lipinski definition) is 4. The standard InChI is InChI=1S/C23H22ClN3O4/c1-15-21(23(30)27(26(15)3)19-7-5-4-6-8-19)25-22(29)16(2)31-20(28)14-11-17-9-12-18(24)13-10-17/h4-14,16H,1-3H3,(H,25,29)/b14-11+. The summed E-state index contributed by atoms with van der Waals surface area (Å²) in [5.41, 5.74) is 1.77. The summed E-state index contributed by atoms with van der Waals surface area (Å²) < 4.78 is 8.26. The second-order valence-corrected chi connectivity index (χ2v) is 7.33. The van der Waals surface area contributed by atoms with Gasteiger partial charge in [0.2, 0.25) is 0 Å². The average Bonchev–Trinajstić information content (AvgIpc) is 2.97. The van der Waals surface area contributed by atoms with Crippen molar-refractivity contribution in [1.29, 1.82) is 0 Å². The molecular formula is C23H22ClN3O4. The van der Waals surface area contributed by atoms with E-state index in [9.17, 15) is 14.4 Å². The molecule has 1 amide bonds. The van der Waals surface area contributed by atoms with Crippen molar-refractivity contribution in [2.45, 2.75) is 20.0 Å². The van der Waals surface area contributed by atoms with Crippen molar-refractivity contribution < 1.29 is 14.3 Å². The molecule has 1 N–H and O–H groups in total. The van der Waals surface area contributed by atoms with Gasteiger partial charge in [0, 0.05) is 18.1 Å². The Morgan fingerprint density at radius 3 is 2.39 bits per heavy atom. The van der Waals surface area contributed by atoms with Gasteiger partial charge in [0.05, 0.1) is 11.4 Å². The number of aromatic nitrogens is 2. The van der Waals surface area contributed by atoms with Gasteiger partial charge in [-0.15, -0.1) is 0 Å². The van der Waals surface area contributed by atoms with Gasteiger partial charge in [-0.3, -0.25) is 14.3 Å². The van der Waals surface area contributed by atoms with Crippen LogP contribution in [0.4, 0.5) is 5.69 Å². The minimum absolute atomic E-state index is 0.135. The van der Waals surface area contributed by atoms with Gasteiger partial charge in [-0.05, 0) is 49.8 Å². The summed E-state index contributed by atoms with van der Waals surface area (Å²) >= 11 is 5.83. The number of para-hydroxylation sites is 1. The van der Waals surface area contributed by atoms with Crippen LogP contribution in [-0.2, 0) is 21.4 Å². The molecule has 0 aliphatic heterocycles. The topological polar surface area (TPSA) is 82.3 Å². The zero-order valence-corrected chi connectivity index (χ0v) is 18.1. The fraction of sp³-hybridized carbons (Fsp3) is 0.174. The second-order valence-electron chi connectivity index (χ2n) is 6.89. The number of amides is 1. The number of carbonyl (C=O) groups excluding carboxylic acids is 2. The van der Waals surface area contributed by atoms with Gasteiger partial charge in [-0.2, -0.15) is 0 Å². The first kappa shape index (κ1) is 22.1. The monoisotopic (exact) mass is 439 g/mol. The third-order valence-corrected chi connectivity index (χ3v) is 5.00. The molecule has 0 radical (unpaired) electrons. The van der Waals surface area contributed by atoms with Crippen LogP contribution in [0.2, 0.25) is 5.02 Å². The van der Waals surface area contributed by atoms with Crippen LogP contribution in [0.15, 0.2) is 65.5 Å². The Kier molecular flexibility index (Phi) is 6.77. The normalized spacial score (nSPS) is 12.0. The van der Waals surface area contributed by atoms with Crippen LogP contribution >= 0.6 is 11.6 Å². The summed E-state index contributed by atoms with van der Waals surface area (Å²) in [4.78, 5) is 37.5. The van der Waals surface area contributed by atoms with E-state index in [-0.39, 0.29) is 11.2 Å². The van der Waals surface area contributed by atoms with Crippen molar-refractivity contribution in [3.63, 3.8) is 0 Å². The van der Waals surface area contributed by atoms with Crippen molar-refractivity contribution in [2.75, 3.05) is 5.32 Å². The molecule has 2 aromatic carbocycles. The highest BCUT2D eigenvalue weighted by Crippen LogP contribution is 2.15. The van der Waals surface area contributed by atoms with Crippen molar-refractivity contribution in [3.05, 3.63) is 87.3 Å². The van der Waals surface area contributed by atoms with E-state index in [2.05, 4.69) is 5.32 Å². The Balaban J connectivity index is 1.69. The summed E-state index contributed by atoms with van der Waals surface area (Å²) in [6.07, 6.45) is 1.69. The van der Waals surface area contributed by atoms with E-state index < -0.39 is 18.0 Å². The van der Waals surface area contributed by atoms with E-state index in [4.69, 9.17) is 16.3 Å². The maximum Gasteiger partial charge on any atom is 0.331 e. The number of halogens is 1. The summed E-state index contributed by atoms with van der Waals surface area (Å²) in [6, 6.07) is 16.0. The van der Waals surface area contributed by atoms with E-state index in [1.54, 1.807) is 61.1 Å². The molecule has 8 heteroatoms. The van der Waals surface area contributed by atoms with E-state index in [0.717, 1.165) is 5.56 Å². The number of carbonyl (C=O) groups is 2. The zero-order chi connectivity index (χ0) is 22.5. The first-order valence-electron chi connectivity index (χ1n) is 9.57. The number of esters is 1. The lowest BCUT2D eigenvalue weighted by Gasteiger charge is -2.11. The summed E-state index contributed by atoms with van der Waals surface area (Å²) in [5, 5.41) is 3.18. The lowest BCUT2D eigenvalue weighted by molar-refractivity contribution is -0.148. The fourth-order valence-corrected chi connectivity index (χ4v) is 3.07. The Morgan fingerprint density at radius 1 is 1.10 bits per heavy atom. The van der Waals surface area contributed by atoms with Crippen LogP contribution in [0.25, 0.3) is 11.8 Å². The van der Waals surface area contributed by atoms with Gasteiger partial charge >= 0.3 is 5.97 Å². The molecule has 31 heavy (non-hydrogen) atoms. The maximum absolute atomic E-state index is 12.9. The van der Waals surface area contributed by atoms with Crippen LogP contribution in [-0.4, -0.2) is 27.3 Å². The predicted octanol–water partition coefficient (Wildman–Crippen LogP) is 3.72. The minimum Gasteiger partial charge on any atom is -0.449 e. The minimum atomic E-state index is -1.09. The van der Waals surface area contributed by atoms with Crippen molar-refractivity contribution >= 4 is 35.2 Å². The maximum atomic E-state index is 12.9. The van der Waals surface area contributed by atoms with Crippen LogP contribution in [0, 0.1) is 6.92 Å². The van der Waals surface area contributed by atoms with E-state index in [0.29, 0.717) is 16.4 Å². The van der Waals surface area contributed by atoms with E-state index >= 15 is 0 Å². The van der Waals surface area contributed by atoms with Crippen LogP contribution < -0.4 is 10.9 Å². The largest absolute Gasteiger partial charge is 0.449 e. The van der Waals surface area contributed by atoms with E-state index in [1.807, 2.05) is 18.2 Å². The number of nitrogens with zero attached hydrogens (tertiary/aromatic N) is 2. The summed E-state index contributed by atoms with van der Waals surface area (Å²) in [5.74, 6) is -1.27. The third-order valence-electron chi connectivity index (χ3n) is 4.75. The van der Waals surface area contributed by atoms with E-state index in [1.165, 1.54) is 17.7 Å². The number of ether oxygens (including phenoxy) is 1. The van der Waals surface area contributed by atoms with Gasteiger partial charge in [0.25, 0.3) is 11.5 Å². The molecule has 3 aromatic rings. The molecule has 3 rings (SSSR count). The van der Waals surface area contributed by atoms with Crippen LogP contribution in [0.3, 0.4) is 0 Å². The fourth-order valence-electron chi connectivity index (χ4n) is 2.94. The molecule has 0 aliphatic rings. The number of anilines is 1. The first-order chi connectivity index (χ1) is 14.8. The highest BCUT2D eigenvalue weighted by Gasteiger charge is 2.22. The molecule has 1 unspecified atom stereocenters. The lowest BCUT2D eigenvalue weighted by Crippen LogP contribution is -2.31. The Bertz CT molecular complexity index is 1180. The summed E-state index contributed by atoms with van der Waals surface area (Å²) in [6.45, 7) is 3.17. The zero-order valence-electron chi connectivity index (χ0n) is 17.3. The van der Waals surface area contributed by atoms with Gasteiger partial charge in [-0.1, -0.05) is 41.9 Å². The molecule has 0 spiro atoms.